The zero-order valence-corrected chi connectivity index (χ0v) is 17.6. The second-order valence-electron chi connectivity index (χ2n) is 7.32. The van der Waals surface area contributed by atoms with E-state index >= 15 is 0 Å². The van der Waals surface area contributed by atoms with Crippen molar-refractivity contribution in [3.05, 3.63) is 54.1 Å². The smallest absolute Gasteiger partial charge is 0.240 e. The first-order chi connectivity index (χ1) is 13.7. The van der Waals surface area contributed by atoms with E-state index in [4.69, 9.17) is 9.47 Å². The van der Waals surface area contributed by atoms with E-state index in [1.807, 2.05) is 30.3 Å². The molecule has 3 rings (SSSR count). The fourth-order valence-corrected chi connectivity index (χ4v) is 3.86. The van der Waals surface area contributed by atoms with Crippen molar-refractivity contribution < 1.29 is 22.7 Å². The number of anilines is 1. The normalized spacial score (nSPS) is 15.8. The molecule has 2 aromatic carbocycles. The van der Waals surface area contributed by atoms with Crippen LogP contribution in [-0.2, 0) is 14.8 Å². The molecule has 1 aliphatic rings. The maximum Gasteiger partial charge on any atom is 0.240 e. The van der Waals surface area contributed by atoms with Crippen molar-refractivity contribution in [3.63, 3.8) is 0 Å². The van der Waals surface area contributed by atoms with Gasteiger partial charge < -0.3 is 14.8 Å². The Morgan fingerprint density at radius 1 is 1.14 bits per heavy atom. The maximum atomic E-state index is 12.4. The quantitative estimate of drug-likeness (QED) is 0.747. The Morgan fingerprint density at radius 2 is 1.79 bits per heavy atom. The summed E-state index contributed by atoms with van der Waals surface area (Å²) in [6.07, 6.45) is 0.747. The number of carbonyl (C=O) groups excluding carboxylic acids is 1. The fraction of sp³-hybridized carbons (Fsp3) is 0.381. The average molecular weight is 419 g/mol. The van der Waals surface area contributed by atoms with E-state index in [0.29, 0.717) is 29.7 Å². The van der Waals surface area contributed by atoms with Crippen LogP contribution in [0, 0.1) is 0 Å². The summed E-state index contributed by atoms with van der Waals surface area (Å²) in [6.45, 7) is 4.35. The van der Waals surface area contributed by atoms with Gasteiger partial charge in [-0.1, -0.05) is 38.1 Å². The van der Waals surface area contributed by atoms with E-state index in [1.165, 1.54) is 0 Å². The lowest BCUT2D eigenvalue weighted by Crippen LogP contribution is -2.45. The van der Waals surface area contributed by atoms with Crippen LogP contribution in [0.3, 0.4) is 0 Å². The van der Waals surface area contributed by atoms with Crippen LogP contribution in [-0.4, -0.2) is 46.4 Å². The number of hydrogen-bond donors (Lipinski definition) is 1. The highest BCUT2D eigenvalue weighted by atomic mass is 32.2. The summed E-state index contributed by atoms with van der Waals surface area (Å²) in [4.78, 5) is 12.4. The van der Waals surface area contributed by atoms with Gasteiger partial charge in [-0.2, -0.15) is 0 Å². The molecule has 29 heavy (non-hydrogen) atoms. The van der Waals surface area contributed by atoms with Gasteiger partial charge in [0.2, 0.25) is 15.9 Å². The zero-order chi connectivity index (χ0) is 21.0. The first-order valence-corrected chi connectivity index (χ1v) is 11.3. The first kappa shape index (κ1) is 21.0. The van der Waals surface area contributed by atoms with Crippen molar-refractivity contribution in [2.24, 2.45) is 0 Å². The van der Waals surface area contributed by atoms with Crippen molar-refractivity contribution in [1.82, 2.24) is 5.32 Å². The Morgan fingerprint density at radius 3 is 2.41 bits per heavy atom. The molecule has 0 spiro atoms. The third-order valence-corrected chi connectivity index (χ3v) is 5.77. The standard InChI is InChI=1S/C21H26N2O5S/c1-15(2)16-8-10-17(11-9-16)23(29(3,25)26)13-21(24)22-12-18-14-27-19-6-4-5-7-20(19)28-18/h4-11,15,18H,12-14H2,1-3H3,(H,22,24)/t18-/m1/s1. The van der Waals surface area contributed by atoms with Crippen molar-refractivity contribution in [2.75, 3.05) is 30.3 Å². The second kappa shape index (κ2) is 8.73. The van der Waals surface area contributed by atoms with E-state index < -0.39 is 15.9 Å². The summed E-state index contributed by atoms with van der Waals surface area (Å²) in [5.74, 6) is 1.22. The SMILES string of the molecule is CC(C)c1ccc(N(CC(=O)NC[C@@H]2COc3ccccc3O2)S(C)(=O)=O)cc1. The molecular weight excluding hydrogens is 392 g/mol. The summed E-state index contributed by atoms with van der Waals surface area (Å²) in [5.41, 5.74) is 1.56. The van der Waals surface area contributed by atoms with Crippen molar-refractivity contribution in [1.29, 1.82) is 0 Å². The lowest BCUT2D eigenvalue weighted by Gasteiger charge is -2.27. The molecule has 1 heterocycles. The van der Waals surface area contributed by atoms with Crippen LogP contribution < -0.4 is 19.1 Å². The van der Waals surface area contributed by atoms with Gasteiger partial charge in [0.05, 0.1) is 18.5 Å². The van der Waals surface area contributed by atoms with Crippen LogP contribution in [0.25, 0.3) is 0 Å². The van der Waals surface area contributed by atoms with Crippen LogP contribution >= 0.6 is 0 Å². The van der Waals surface area contributed by atoms with Crippen LogP contribution in [0.5, 0.6) is 11.5 Å². The van der Waals surface area contributed by atoms with Gasteiger partial charge in [0.15, 0.2) is 11.5 Å². The van der Waals surface area contributed by atoms with Gasteiger partial charge in [0, 0.05) is 0 Å². The molecule has 0 unspecified atom stereocenters. The lowest BCUT2D eigenvalue weighted by molar-refractivity contribution is -0.120. The van der Waals surface area contributed by atoms with Gasteiger partial charge in [-0.15, -0.1) is 0 Å². The highest BCUT2D eigenvalue weighted by Crippen LogP contribution is 2.30. The van der Waals surface area contributed by atoms with Gasteiger partial charge in [-0.05, 0) is 35.7 Å². The first-order valence-electron chi connectivity index (χ1n) is 9.47. The molecule has 1 amide bonds. The lowest BCUT2D eigenvalue weighted by atomic mass is 10.0. The molecule has 0 fully saturated rings. The molecule has 0 aliphatic carbocycles. The molecule has 2 aromatic rings. The number of rotatable bonds is 7. The molecule has 156 valence electrons. The summed E-state index contributed by atoms with van der Waals surface area (Å²) >= 11 is 0. The largest absolute Gasteiger partial charge is 0.486 e. The number of para-hydroxylation sites is 2. The molecule has 7 nitrogen and oxygen atoms in total. The van der Waals surface area contributed by atoms with Gasteiger partial charge in [-0.3, -0.25) is 9.10 Å². The number of ether oxygens (including phenoxy) is 2. The summed E-state index contributed by atoms with van der Waals surface area (Å²) in [7, 11) is -3.61. The van der Waals surface area contributed by atoms with Crippen LogP contribution in [0.2, 0.25) is 0 Å². The van der Waals surface area contributed by atoms with Crippen LogP contribution in [0.1, 0.15) is 25.3 Å². The molecule has 0 saturated heterocycles. The Bertz CT molecular complexity index is 957. The monoisotopic (exact) mass is 418 g/mol. The van der Waals surface area contributed by atoms with E-state index in [-0.39, 0.29) is 19.2 Å². The van der Waals surface area contributed by atoms with E-state index in [9.17, 15) is 13.2 Å². The highest BCUT2D eigenvalue weighted by Gasteiger charge is 2.24. The Balaban J connectivity index is 1.61. The van der Waals surface area contributed by atoms with E-state index in [2.05, 4.69) is 19.2 Å². The minimum Gasteiger partial charge on any atom is -0.486 e. The van der Waals surface area contributed by atoms with Gasteiger partial charge in [-0.25, -0.2) is 8.42 Å². The number of nitrogens with zero attached hydrogens (tertiary/aromatic N) is 1. The molecular formula is C21H26N2O5S. The molecule has 1 N–H and O–H groups in total. The highest BCUT2D eigenvalue weighted by molar-refractivity contribution is 7.92. The van der Waals surface area contributed by atoms with E-state index in [1.54, 1.807) is 18.2 Å². The third-order valence-electron chi connectivity index (χ3n) is 4.63. The molecule has 8 heteroatoms. The van der Waals surface area contributed by atoms with E-state index in [0.717, 1.165) is 16.1 Å². The minimum atomic E-state index is -3.61. The predicted octanol–water partition coefficient (Wildman–Crippen LogP) is 2.53. The third kappa shape index (κ3) is 5.41. The van der Waals surface area contributed by atoms with Crippen molar-refractivity contribution in [3.8, 4) is 11.5 Å². The zero-order valence-electron chi connectivity index (χ0n) is 16.8. The molecule has 0 saturated carbocycles. The Labute approximate surface area is 171 Å². The summed E-state index contributed by atoms with van der Waals surface area (Å²) in [5, 5.41) is 2.74. The van der Waals surface area contributed by atoms with Crippen molar-refractivity contribution >= 4 is 21.6 Å². The number of sulfonamides is 1. The topological polar surface area (TPSA) is 84.9 Å². The van der Waals surface area contributed by atoms with Crippen LogP contribution in [0.4, 0.5) is 5.69 Å². The van der Waals surface area contributed by atoms with Gasteiger partial charge >= 0.3 is 0 Å². The number of fused-ring (bicyclic) bond motifs is 1. The van der Waals surface area contributed by atoms with Crippen LogP contribution in [0.15, 0.2) is 48.5 Å². The number of hydrogen-bond acceptors (Lipinski definition) is 5. The molecule has 1 atom stereocenters. The Hall–Kier alpha value is -2.74. The van der Waals surface area contributed by atoms with Crippen molar-refractivity contribution in [2.45, 2.75) is 25.9 Å². The number of amides is 1. The minimum absolute atomic E-state index is 0.219. The number of nitrogens with one attached hydrogen (secondary N) is 1. The molecule has 1 aliphatic heterocycles. The summed E-state index contributed by atoms with van der Waals surface area (Å²) in [6, 6.07) is 14.5. The average Bonchev–Trinajstić information content (AvgIpc) is 2.69. The van der Waals surface area contributed by atoms with Gasteiger partial charge in [0.1, 0.15) is 19.3 Å². The maximum absolute atomic E-state index is 12.4. The fourth-order valence-electron chi connectivity index (χ4n) is 3.00. The number of carbonyl (C=O) groups is 1. The second-order valence-corrected chi connectivity index (χ2v) is 9.22. The van der Waals surface area contributed by atoms with Gasteiger partial charge in [0.25, 0.3) is 0 Å². The molecule has 0 bridgehead atoms. The number of benzene rings is 2. The summed E-state index contributed by atoms with van der Waals surface area (Å²) < 4.78 is 37.0. The molecule has 0 radical (unpaired) electrons. The predicted molar refractivity (Wildman–Crippen MR) is 112 cm³/mol. The molecule has 0 aromatic heterocycles. The Kier molecular flexibility index (Phi) is 6.32.